The van der Waals surface area contributed by atoms with Crippen LogP contribution in [-0.4, -0.2) is 49.8 Å². The third-order valence-corrected chi connectivity index (χ3v) is 9.85. The van der Waals surface area contributed by atoms with Crippen LogP contribution in [0.3, 0.4) is 0 Å². The predicted molar refractivity (Wildman–Crippen MR) is 149 cm³/mol. The van der Waals surface area contributed by atoms with E-state index in [9.17, 15) is 13.2 Å². The summed E-state index contributed by atoms with van der Waals surface area (Å²) in [6.07, 6.45) is 1.58. The molecule has 0 fully saturated rings. The molecule has 0 unspecified atom stereocenters. The normalized spacial score (nSPS) is 16.5. The van der Waals surface area contributed by atoms with Gasteiger partial charge in [-0.25, -0.2) is 8.42 Å². The number of thiophene rings is 1. The Morgan fingerprint density at radius 1 is 1.08 bits per heavy atom. The van der Waals surface area contributed by atoms with Gasteiger partial charge in [0.25, 0.3) is 0 Å². The smallest absolute Gasteiger partial charge is 0.243 e. The summed E-state index contributed by atoms with van der Waals surface area (Å²) in [6, 6.07) is 16.5. The fourth-order valence-electron chi connectivity index (χ4n) is 4.51. The van der Waals surface area contributed by atoms with E-state index in [4.69, 9.17) is 4.74 Å². The molecule has 1 aliphatic rings. The van der Waals surface area contributed by atoms with E-state index in [1.807, 2.05) is 52.0 Å². The van der Waals surface area contributed by atoms with Gasteiger partial charge < -0.3 is 9.64 Å². The molecule has 4 rings (SSSR count). The molecule has 2 heterocycles. The number of amides is 1. The van der Waals surface area contributed by atoms with Crippen molar-refractivity contribution in [2.45, 2.75) is 51.5 Å². The van der Waals surface area contributed by atoms with Crippen LogP contribution in [-0.2, 0) is 21.2 Å². The lowest BCUT2D eigenvalue weighted by Crippen LogP contribution is -2.48. The lowest BCUT2D eigenvalue weighted by molar-refractivity contribution is -0.135. The highest BCUT2D eigenvalue weighted by atomic mass is 32.2. The molecule has 3 aromatic rings. The number of ether oxygens (including phenoxy) is 1. The molecule has 2 atom stereocenters. The zero-order chi connectivity index (χ0) is 26.6. The molecule has 0 aliphatic carbocycles. The monoisotopic (exact) mass is 540 g/mol. The SMILES string of the molecule is CC[C@H](C)CN(CC(=O)N1CCc2sccc2[C@H]1COc1ccc(C)cc1)S(=O)(=O)c1ccc(C)cc1. The van der Waals surface area contributed by atoms with Crippen LogP contribution in [0.1, 0.15) is 47.9 Å². The average Bonchev–Trinajstić information content (AvgIpc) is 3.37. The Morgan fingerprint density at radius 3 is 2.38 bits per heavy atom. The predicted octanol–water partition coefficient (Wildman–Crippen LogP) is 5.61. The Hall–Kier alpha value is -2.68. The number of rotatable bonds is 10. The largest absolute Gasteiger partial charge is 0.491 e. The van der Waals surface area contributed by atoms with Crippen LogP contribution >= 0.6 is 11.3 Å². The fraction of sp³-hybridized carbons (Fsp3) is 0.414. The first-order chi connectivity index (χ1) is 17.7. The first kappa shape index (κ1) is 27.4. The molecule has 37 heavy (non-hydrogen) atoms. The summed E-state index contributed by atoms with van der Waals surface area (Å²) in [4.78, 5) is 17.0. The van der Waals surface area contributed by atoms with Crippen molar-refractivity contribution in [3.8, 4) is 5.75 Å². The number of fused-ring (bicyclic) bond motifs is 1. The molecule has 2 aromatic carbocycles. The van der Waals surface area contributed by atoms with Crippen LogP contribution in [0.2, 0.25) is 0 Å². The molecule has 0 saturated heterocycles. The van der Waals surface area contributed by atoms with Crippen molar-refractivity contribution in [2.24, 2.45) is 5.92 Å². The highest BCUT2D eigenvalue weighted by molar-refractivity contribution is 7.89. The van der Waals surface area contributed by atoms with Gasteiger partial charge in [0.05, 0.1) is 17.5 Å². The van der Waals surface area contributed by atoms with E-state index in [0.717, 1.165) is 35.3 Å². The second-order valence-electron chi connectivity index (χ2n) is 9.90. The number of benzene rings is 2. The topological polar surface area (TPSA) is 66.9 Å². The maximum atomic E-state index is 13.8. The maximum Gasteiger partial charge on any atom is 0.243 e. The standard InChI is InChI=1S/C29H36N2O4S2/c1-5-21(2)18-30(37(33,34)25-12-8-23(4)9-13-25)19-29(32)31-16-14-28-26(15-17-36-28)27(31)20-35-24-10-6-22(3)7-11-24/h6-13,15,17,21,27H,5,14,16,18-20H2,1-4H3/t21-,27+/m0/s1. The third kappa shape index (κ3) is 6.43. The minimum absolute atomic E-state index is 0.124. The van der Waals surface area contributed by atoms with Gasteiger partial charge >= 0.3 is 0 Å². The van der Waals surface area contributed by atoms with Gasteiger partial charge in [-0.05, 0) is 67.5 Å². The van der Waals surface area contributed by atoms with Crippen molar-refractivity contribution in [3.05, 3.63) is 81.5 Å². The van der Waals surface area contributed by atoms with E-state index in [1.54, 1.807) is 40.5 Å². The third-order valence-electron chi connectivity index (χ3n) is 7.03. The molecule has 0 spiro atoms. The zero-order valence-electron chi connectivity index (χ0n) is 22.0. The van der Waals surface area contributed by atoms with Crippen molar-refractivity contribution in [2.75, 3.05) is 26.2 Å². The number of sulfonamides is 1. The van der Waals surface area contributed by atoms with E-state index in [1.165, 1.54) is 9.18 Å². The van der Waals surface area contributed by atoms with E-state index in [-0.39, 0.29) is 29.3 Å². The summed E-state index contributed by atoms with van der Waals surface area (Å²) in [6.45, 7) is 8.94. The molecule has 0 bridgehead atoms. The Bertz CT molecular complexity index is 1300. The fourth-order valence-corrected chi connectivity index (χ4v) is 6.95. The quantitative estimate of drug-likeness (QED) is 0.335. The molecule has 0 saturated carbocycles. The molecular formula is C29H36N2O4S2. The molecule has 6 nitrogen and oxygen atoms in total. The maximum absolute atomic E-state index is 13.8. The van der Waals surface area contributed by atoms with Crippen LogP contribution in [0.15, 0.2) is 64.9 Å². The van der Waals surface area contributed by atoms with Crippen LogP contribution in [0.5, 0.6) is 5.75 Å². The summed E-state index contributed by atoms with van der Waals surface area (Å²) in [7, 11) is -3.83. The van der Waals surface area contributed by atoms with Gasteiger partial charge in [-0.3, -0.25) is 4.79 Å². The van der Waals surface area contributed by atoms with Gasteiger partial charge in [-0.1, -0.05) is 55.7 Å². The Balaban J connectivity index is 1.58. The molecule has 8 heteroatoms. The number of hydrogen-bond acceptors (Lipinski definition) is 5. The van der Waals surface area contributed by atoms with Crippen LogP contribution < -0.4 is 4.74 Å². The van der Waals surface area contributed by atoms with Crippen molar-refractivity contribution in [3.63, 3.8) is 0 Å². The molecule has 0 N–H and O–H groups in total. The molecular weight excluding hydrogens is 504 g/mol. The summed E-state index contributed by atoms with van der Waals surface area (Å²) >= 11 is 1.69. The molecule has 1 aromatic heterocycles. The van der Waals surface area contributed by atoms with Crippen molar-refractivity contribution in [1.82, 2.24) is 9.21 Å². The Morgan fingerprint density at radius 2 is 1.73 bits per heavy atom. The summed E-state index contributed by atoms with van der Waals surface area (Å²) in [5.74, 6) is 0.674. The summed E-state index contributed by atoms with van der Waals surface area (Å²) in [5.41, 5.74) is 3.23. The molecule has 1 amide bonds. The van der Waals surface area contributed by atoms with Gasteiger partial charge in [0, 0.05) is 18.0 Å². The molecule has 198 valence electrons. The van der Waals surface area contributed by atoms with Crippen molar-refractivity contribution >= 4 is 27.3 Å². The van der Waals surface area contributed by atoms with E-state index >= 15 is 0 Å². The lowest BCUT2D eigenvalue weighted by Gasteiger charge is -2.37. The number of carbonyl (C=O) groups is 1. The first-order valence-corrected chi connectivity index (χ1v) is 15.1. The minimum Gasteiger partial charge on any atom is -0.491 e. The van der Waals surface area contributed by atoms with Gasteiger partial charge in [-0.2, -0.15) is 4.31 Å². The Labute approximate surface area is 224 Å². The first-order valence-electron chi connectivity index (χ1n) is 12.8. The summed E-state index contributed by atoms with van der Waals surface area (Å²) < 4.78 is 34.7. The number of hydrogen-bond donors (Lipinski definition) is 0. The van der Waals surface area contributed by atoms with Crippen LogP contribution in [0.25, 0.3) is 0 Å². The molecule has 0 radical (unpaired) electrons. The number of nitrogens with zero attached hydrogens (tertiary/aromatic N) is 2. The van der Waals surface area contributed by atoms with E-state index in [0.29, 0.717) is 19.7 Å². The van der Waals surface area contributed by atoms with Gasteiger partial charge in [0.15, 0.2) is 0 Å². The Kier molecular flexibility index (Phi) is 8.72. The number of aryl methyl sites for hydroxylation is 2. The van der Waals surface area contributed by atoms with Gasteiger partial charge in [0.2, 0.25) is 15.9 Å². The van der Waals surface area contributed by atoms with Crippen LogP contribution in [0, 0.1) is 19.8 Å². The average molecular weight is 541 g/mol. The van der Waals surface area contributed by atoms with Crippen LogP contribution in [0.4, 0.5) is 0 Å². The van der Waals surface area contributed by atoms with Crippen molar-refractivity contribution in [1.29, 1.82) is 0 Å². The molecule has 1 aliphatic heterocycles. The lowest BCUT2D eigenvalue weighted by atomic mass is 10.0. The van der Waals surface area contributed by atoms with E-state index < -0.39 is 10.0 Å². The number of carbonyl (C=O) groups excluding carboxylic acids is 1. The minimum atomic E-state index is -3.83. The second-order valence-corrected chi connectivity index (χ2v) is 12.8. The van der Waals surface area contributed by atoms with E-state index in [2.05, 4.69) is 11.4 Å². The van der Waals surface area contributed by atoms with Gasteiger partial charge in [-0.15, -0.1) is 11.3 Å². The van der Waals surface area contributed by atoms with Crippen molar-refractivity contribution < 1.29 is 17.9 Å². The van der Waals surface area contributed by atoms with Gasteiger partial charge in [0.1, 0.15) is 12.4 Å². The second kappa shape index (κ2) is 11.8. The highest BCUT2D eigenvalue weighted by Gasteiger charge is 2.35. The highest BCUT2D eigenvalue weighted by Crippen LogP contribution is 2.34. The summed E-state index contributed by atoms with van der Waals surface area (Å²) in [5, 5.41) is 2.05. The zero-order valence-corrected chi connectivity index (χ0v) is 23.6.